The lowest BCUT2D eigenvalue weighted by molar-refractivity contribution is -0.237. The molecule has 1 aliphatic rings. The van der Waals surface area contributed by atoms with E-state index >= 15 is 0 Å². The van der Waals surface area contributed by atoms with E-state index in [-0.39, 0.29) is 11.5 Å². The molecule has 0 bridgehead atoms. The van der Waals surface area contributed by atoms with Crippen LogP contribution in [0.25, 0.3) is 0 Å². The topological polar surface area (TPSA) is 94.6 Å². The second kappa shape index (κ2) is 7.56. The van der Waals surface area contributed by atoms with Crippen LogP contribution in [0.1, 0.15) is 12.6 Å². The molecule has 3 N–H and O–H groups in total. The molecule has 3 rings (SSSR count). The lowest BCUT2D eigenvalue weighted by Crippen LogP contribution is -2.60. The van der Waals surface area contributed by atoms with Crippen LogP contribution in [-0.4, -0.2) is 41.3 Å². The first kappa shape index (κ1) is 21.5. The van der Waals surface area contributed by atoms with Crippen LogP contribution in [0.3, 0.4) is 0 Å². The van der Waals surface area contributed by atoms with E-state index in [1.165, 1.54) is 26.3 Å². The Morgan fingerprint density at radius 1 is 1.33 bits per heavy atom. The molecule has 0 aromatic carbocycles. The second-order valence-electron chi connectivity index (χ2n) is 6.70. The summed E-state index contributed by atoms with van der Waals surface area (Å²) in [5.74, 6) is -0.754. The van der Waals surface area contributed by atoms with Crippen molar-refractivity contribution in [3.8, 4) is 5.75 Å². The van der Waals surface area contributed by atoms with Crippen LogP contribution in [0.2, 0.25) is 0 Å². The Hall–Kier alpha value is -3.21. The van der Waals surface area contributed by atoms with Crippen LogP contribution >= 0.6 is 0 Å². The highest BCUT2D eigenvalue weighted by Gasteiger charge is 2.60. The van der Waals surface area contributed by atoms with Gasteiger partial charge in [-0.3, -0.25) is 4.99 Å². The number of halogens is 4. The summed E-state index contributed by atoms with van der Waals surface area (Å²) in [4.78, 5) is 12.2. The largest absolute Gasteiger partial charge is 0.493 e. The molecule has 0 aliphatic carbocycles. The Labute approximate surface area is 169 Å². The minimum Gasteiger partial charge on any atom is -0.493 e. The maximum absolute atomic E-state index is 14.6. The van der Waals surface area contributed by atoms with Gasteiger partial charge in [-0.25, -0.2) is 14.4 Å². The van der Waals surface area contributed by atoms with Gasteiger partial charge in [0.15, 0.2) is 11.6 Å². The summed E-state index contributed by atoms with van der Waals surface area (Å²) >= 11 is 0. The van der Waals surface area contributed by atoms with Crippen LogP contribution in [0.4, 0.5) is 29.2 Å². The number of rotatable bonds is 5. The van der Waals surface area contributed by atoms with Gasteiger partial charge in [0.25, 0.3) is 0 Å². The number of methoxy groups -OCH3 is 1. The first-order valence-electron chi connectivity index (χ1n) is 8.69. The summed E-state index contributed by atoms with van der Waals surface area (Å²) < 4.78 is 65.3. The Bertz CT molecular complexity index is 997. The second-order valence-corrected chi connectivity index (χ2v) is 6.70. The summed E-state index contributed by atoms with van der Waals surface area (Å²) in [7, 11) is 1.45. The van der Waals surface area contributed by atoms with E-state index in [1.54, 1.807) is 12.1 Å². The first-order chi connectivity index (χ1) is 14.1. The molecule has 160 valence electrons. The normalized spacial score (nSPS) is 24.1. The highest BCUT2D eigenvalue weighted by Crippen LogP contribution is 2.42. The monoisotopic (exact) mass is 425 g/mol. The third-order valence-electron chi connectivity index (χ3n) is 4.63. The molecule has 1 aliphatic heterocycles. The summed E-state index contributed by atoms with van der Waals surface area (Å²) in [5, 5.41) is 2.88. The third kappa shape index (κ3) is 3.56. The van der Waals surface area contributed by atoms with E-state index in [4.69, 9.17) is 15.2 Å². The van der Waals surface area contributed by atoms with Crippen molar-refractivity contribution in [1.82, 2.24) is 9.97 Å². The number of nitrogens with two attached hydrogens (primary N) is 1. The summed E-state index contributed by atoms with van der Waals surface area (Å²) in [6.07, 6.45) is -2.84. The fourth-order valence-electron chi connectivity index (χ4n) is 3.00. The molecule has 0 spiro atoms. The maximum atomic E-state index is 14.6. The maximum Gasteiger partial charge on any atom is 0.428 e. The van der Waals surface area contributed by atoms with E-state index in [0.717, 1.165) is 6.07 Å². The van der Waals surface area contributed by atoms with E-state index < -0.39 is 35.6 Å². The van der Waals surface area contributed by atoms with E-state index in [2.05, 4.69) is 26.9 Å². The third-order valence-corrected chi connectivity index (χ3v) is 4.63. The lowest BCUT2D eigenvalue weighted by atomic mass is 9.92. The number of amidine groups is 1. The van der Waals surface area contributed by atoms with Gasteiger partial charge < -0.3 is 20.5 Å². The Morgan fingerprint density at radius 2 is 2.07 bits per heavy atom. The van der Waals surface area contributed by atoms with Crippen molar-refractivity contribution in [3.05, 3.63) is 54.6 Å². The number of hydrogen-bond donors (Lipinski definition) is 2. The molecule has 2 unspecified atom stereocenters. The van der Waals surface area contributed by atoms with Crippen molar-refractivity contribution >= 4 is 17.5 Å². The zero-order valence-corrected chi connectivity index (χ0v) is 16.1. The van der Waals surface area contributed by atoms with E-state index in [9.17, 15) is 17.6 Å². The van der Waals surface area contributed by atoms with E-state index in [1.807, 2.05) is 0 Å². The van der Waals surface area contributed by atoms with Gasteiger partial charge in [0, 0.05) is 6.20 Å². The number of ether oxygens (including phenoxy) is 2. The molecule has 7 nitrogen and oxygen atoms in total. The number of nitrogens with one attached hydrogen (secondary N) is 1. The van der Waals surface area contributed by atoms with Gasteiger partial charge in [-0.05, 0) is 37.3 Å². The molecule has 0 fully saturated rings. The fourth-order valence-corrected chi connectivity index (χ4v) is 3.00. The zero-order chi connectivity index (χ0) is 22.2. The van der Waals surface area contributed by atoms with Crippen LogP contribution < -0.4 is 15.8 Å². The molecule has 11 heteroatoms. The molecular weight excluding hydrogens is 406 g/mol. The molecule has 0 amide bonds. The van der Waals surface area contributed by atoms with Gasteiger partial charge in [-0.2, -0.15) is 13.2 Å². The lowest BCUT2D eigenvalue weighted by Gasteiger charge is -2.40. The Balaban J connectivity index is 2.01. The first-order valence-corrected chi connectivity index (χ1v) is 8.69. The van der Waals surface area contributed by atoms with Crippen molar-refractivity contribution < 1.29 is 27.0 Å². The number of alkyl halides is 3. The number of pyridine rings is 2. The molecule has 2 atom stereocenters. The SMILES string of the molecule is C=CC1(C(F)(F)F)OCC(C)(c2nc(Nc3ncccc3OC)ccc2F)N=C1N. The highest BCUT2D eigenvalue weighted by atomic mass is 19.4. The van der Waals surface area contributed by atoms with Gasteiger partial charge in [0.1, 0.15) is 28.7 Å². The van der Waals surface area contributed by atoms with Crippen LogP contribution in [0.15, 0.2) is 48.1 Å². The molecule has 2 aromatic rings. The number of hydrogen-bond acceptors (Lipinski definition) is 7. The minimum absolute atomic E-state index is 0.176. The molecular formula is C19H19F4N5O2. The smallest absolute Gasteiger partial charge is 0.428 e. The van der Waals surface area contributed by atoms with Crippen LogP contribution in [0, 0.1) is 5.82 Å². The highest BCUT2D eigenvalue weighted by molar-refractivity contribution is 5.93. The van der Waals surface area contributed by atoms with Crippen LogP contribution in [0.5, 0.6) is 5.75 Å². The van der Waals surface area contributed by atoms with Gasteiger partial charge in [-0.1, -0.05) is 6.58 Å². The van der Waals surface area contributed by atoms with Crippen LogP contribution in [-0.2, 0) is 10.3 Å². The van der Waals surface area contributed by atoms with Gasteiger partial charge >= 0.3 is 6.18 Å². The van der Waals surface area contributed by atoms with Crippen molar-refractivity contribution in [1.29, 1.82) is 0 Å². The number of nitrogens with zero attached hydrogens (tertiary/aromatic N) is 3. The average Bonchev–Trinajstić information content (AvgIpc) is 2.69. The van der Waals surface area contributed by atoms with Crippen molar-refractivity contribution in [3.63, 3.8) is 0 Å². The van der Waals surface area contributed by atoms with Crippen molar-refractivity contribution in [2.45, 2.75) is 24.2 Å². The molecule has 0 radical (unpaired) electrons. The number of aromatic nitrogens is 2. The van der Waals surface area contributed by atoms with Gasteiger partial charge in [0.2, 0.25) is 5.60 Å². The Kier molecular flexibility index (Phi) is 5.42. The predicted molar refractivity (Wildman–Crippen MR) is 102 cm³/mol. The molecule has 0 saturated heterocycles. The average molecular weight is 425 g/mol. The summed E-state index contributed by atoms with van der Waals surface area (Å²) in [6.45, 7) is 3.91. The standard InChI is InChI=1S/C19H19F4N5O2/c1-4-18(19(21,22)23)16(24)28-17(2,10-30-18)14-11(20)7-8-13(26-14)27-15-12(29-3)6-5-9-25-15/h4-9H,1,10H2,2-3H3,(H2,24,28)(H,25,26,27). The minimum atomic E-state index is -4.88. The molecule has 30 heavy (non-hydrogen) atoms. The number of aliphatic imine (C=N–C) groups is 1. The zero-order valence-electron chi connectivity index (χ0n) is 16.1. The summed E-state index contributed by atoms with van der Waals surface area (Å²) in [5.41, 5.74) is 0.826. The fraction of sp³-hybridized carbons (Fsp3) is 0.316. The predicted octanol–water partition coefficient (Wildman–Crippen LogP) is 3.46. The quantitative estimate of drug-likeness (QED) is 0.563. The molecule has 0 saturated carbocycles. The molecule has 3 heterocycles. The van der Waals surface area contributed by atoms with Gasteiger partial charge in [-0.15, -0.1) is 0 Å². The van der Waals surface area contributed by atoms with Crippen molar-refractivity contribution in [2.75, 3.05) is 19.0 Å². The number of anilines is 2. The Morgan fingerprint density at radius 3 is 2.67 bits per heavy atom. The summed E-state index contributed by atoms with van der Waals surface area (Å²) in [6, 6.07) is 5.78. The molecule has 2 aromatic heterocycles. The van der Waals surface area contributed by atoms with E-state index in [0.29, 0.717) is 17.6 Å². The van der Waals surface area contributed by atoms with Gasteiger partial charge in [0.05, 0.1) is 13.7 Å². The van der Waals surface area contributed by atoms with Crippen molar-refractivity contribution in [2.24, 2.45) is 10.7 Å².